The van der Waals surface area contributed by atoms with Gasteiger partial charge in [-0.3, -0.25) is 4.79 Å². The molecule has 2 rings (SSSR count). The van der Waals surface area contributed by atoms with Crippen LogP contribution in [0.2, 0.25) is 0 Å². The smallest absolute Gasteiger partial charge is 0.165 e. The molecule has 0 bridgehead atoms. The topological polar surface area (TPSA) is 38.3 Å². The van der Waals surface area contributed by atoms with Crippen LogP contribution in [0.3, 0.4) is 0 Å². The van der Waals surface area contributed by atoms with Crippen LogP contribution >= 0.6 is 0 Å². The lowest BCUT2D eigenvalue weighted by Crippen LogP contribution is -2.41. The molecule has 1 spiro atoms. The summed E-state index contributed by atoms with van der Waals surface area (Å²) < 4.78 is 5.09. The Hall–Kier alpha value is -0.410. The highest BCUT2D eigenvalue weighted by Gasteiger charge is 2.42. The normalized spacial score (nSPS) is 38.4. The third kappa shape index (κ3) is 1.08. The van der Waals surface area contributed by atoms with Gasteiger partial charge in [-0.15, -0.1) is 0 Å². The Balaban J connectivity index is 2.13. The standard InChI is InChI=1S/C8H13NO2/c10-7-5-11-4-2-8(7)1-3-9-6-8/h9H,1-6H2. The fourth-order valence-electron chi connectivity index (χ4n) is 1.92. The number of ketones is 1. The van der Waals surface area contributed by atoms with Crippen molar-refractivity contribution in [3.63, 3.8) is 0 Å². The van der Waals surface area contributed by atoms with Crippen molar-refractivity contribution in [3.8, 4) is 0 Å². The monoisotopic (exact) mass is 155 g/mol. The molecule has 0 aliphatic carbocycles. The quantitative estimate of drug-likeness (QED) is 0.533. The van der Waals surface area contributed by atoms with Crippen molar-refractivity contribution in [2.75, 3.05) is 26.3 Å². The highest BCUT2D eigenvalue weighted by atomic mass is 16.5. The van der Waals surface area contributed by atoms with E-state index in [0.29, 0.717) is 12.4 Å². The number of carbonyl (C=O) groups excluding carboxylic acids is 1. The summed E-state index contributed by atoms with van der Waals surface area (Å²) >= 11 is 0. The first kappa shape index (κ1) is 7.25. The number of hydrogen-bond acceptors (Lipinski definition) is 3. The highest BCUT2D eigenvalue weighted by Crippen LogP contribution is 2.33. The lowest BCUT2D eigenvalue weighted by atomic mass is 9.79. The van der Waals surface area contributed by atoms with Crippen LogP contribution in [0.25, 0.3) is 0 Å². The second-order valence-corrected chi connectivity index (χ2v) is 3.43. The van der Waals surface area contributed by atoms with E-state index in [2.05, 4.69) is 5.32 Å². The maximum atomic E-state index is 11.5. The zero-order valence-electron chi connectivity index (χ0n) is 6.56. The predicted molar refractivity (Wildman–Crippen MR) is 40.4 cm³/mol. The van der Waals surface area contributed by atoms with Crippen LogP contribution in [-0.2, 0) is 9.53 Å². The molecule has 2 aliphatic rings. The van der Waals surface area contributed by atoms with Crippen molar-refractivity contribution < 1.29 is 9.53 Å². The van der Waals surface area contributed by atoms with Gasteiger partial charge in [0.2, 0.25) is 0 Å². The molecule has 2 fully saturated rings. The first-order valence-electron chi connectivity index (χ1n) is 4.15. The molecule has 2 aliphatic heterocycles. The fourth-order valence-corrected chi connectivity index (χ4v) is 1.92. The van der Waals surface area contributed by atoms with Crippen molar-refractivity contribution >= 4 is 5.78 Å². The van der Waals surface area contributed by atoms with Gasteiger partial charge in [0, 0.05) is 18.6 Å². The van der Waals surface area contributed by atoms with Crippen LogP contribution in [0.4, 0.5) is 0 Å². The van der Waals surface area contributed by atoms with Crippen molar-refractivity contribution in [2.24, 2.45) is 5.41 Å². The Bertz CT molecular complexity index is 173. The van der Waals surface area contributed by atoms with E-state index in [0.717, 1.165) is 32.5 Å². The summed E-state index contributed by atoms with van der Waals surface area (Å²) in [6.07, 6.45) is 1.92. The molecule has 11 heavy (non-hydrogen) atoms. The number of rotatable bonds is 0. The molecule has 0 saturated carbocycles. The molecule has 2 heterocycles. The molecule has 3 heteroatoms. The van der Waals surface area contributed by atoms with Crippen LogP contribution in [0.5, 0.6) is 0 Å². The molecule has 1 N–H and O–H groups in total. The summed E-state index contributed by atoms with van der Waals surface area (Å²) in [7, 11) is 0. The molecule has 0 aromatic rings. The fraction of sp³-hybridized carbons (Fsp3) is 0.875. The van der Waals surface area contributed by atoms with E-state index in [1.54, 1.807) is 0 Å². The van der Waals surface area contributed by atoms with Gasteiger partial charge in [0.25, 0.3) is 0 Å². The van der Waals surface area contributed by atoms with Gasteiger partial charge in [-0.05, 0) is 19.4 Å². The summed E-state index contributed by atoms with van der Waals surface area (Å²) in [6.45, 7) is 2.95. The summed E-state index contributed by atoms with van der Waals surface area (Å²) in [4.78, 5) is 11.5. The Morgan fingerprint density at radius 2 is 2.36 bits per heavy atom. The minimum absolute atomic E-state index is 0.0434. The van der Waals surface area contributed by atoms with Gasteiger partial charge in [0.1, 0.15) is 6.61 Å². The van der Waals surface area contributed by atoms with E-state index in [-0.39, 0.29) is 5.41 Å². The summed E-state index contributed by atoms with van der Waals surface area (Å²) in [5.41, 5.74) is -0.0434. The molecule has 0 amide bonds. The Labute approximate surface area is 66.1 Å². The summed E-state index contributed by atoms with van der Waals surface area (Å²) in [6, 6.07) is 0. The Kier molecular flexibility index (Phi) is 1.69. The van der Waals surface area contributed by atoms with Gasteiger partial charge in [0.15, 0.2) is 5.78 Å². The van der Waals surface area contributed by atoms with Gasteiger partial charge in [-0.25, -0.2) is 0 Å². The van der Waals surface area contributed by atoms with Gasteiger partial charge >= 0.3 is 0 Å². The van der Waals surface area contributed by atoms with Crippen LogP contribution < -0.4 is 5.32 Å². The van der Waals surface area contributed by atoms with Crippen LogP contribution in [-0.4, -0.2) is 32.1 Å². The molecular weight excluding hydrogens is 142 g/mol. The Morgan fingerprint density at radius 3 is 3.00 bits per heavy atom. The maximum absolute atomic E-state index is 11.5. The number of Topliss-reactive ketones (excluding diaryl/α,β-unsaturated/α-hetero) is 1. The Morgan fingerprint density at radius 1 is 1.45 bits per heavy atom. The third-order valence-corrected chi connectivity index (χ3v) is 2.79. The number of carbonyl (C=O) groups is 1. The molecule has 0 aromatic carbocycles. The molecule has 62 valence electrons. The average molecular weight is 155 g/mol. The molecule has 0 radical (unpaired) electrons. The maximum Gasteiger partial charge on any atom is 0.165 e. The lowest BCUT2D eigenvalue weighted by Gasteiger charge is -2.30. The van der Waals surface area contributed by atoms with E-state index in [1.807, 2.05) is 0 Å². The van der Waals surface area contributed by atoms with Crippen molar-refractivity contribution in [1.29, 1.82) is 0 Å². The minimum Gasteiger partial charge on any atom is -0.374 e. The average Bonchev–Trinajstić information content (AvgIpc) is 2.46. The molecule has 1 atom stereocenters. The van der Waals surface area contributed by atoms with Crippen LogP contribution in [0.1, 0.15) is 12.8 Å². The summed E-state index contributed by atoms with van der Waals surface area (Å²) in [5.74, 6) is 0.300. The second kappa shape index (κ2) is 2.57. The third-order valence-electron chi connectivity index (χ3n) is 2.79. The highest BCUT2D eigenvalue weighted by molar-refractivity contribution is 5.87. The molecule has 0 aromatic heterocycles. The largest absolute Gasteiger partial charge is 0.374 e. The molecule has 2 saturated heterocycles. The van der Waals surface area contributed by atoms with E-state index in [1.165, 1.54) is 0 Å². The zero-order valence-corrected chi connectivity index (χ0v) is 6.56. The van der Waals surface area contributed by atoms with Gasteiger partial charge in [-0.2, -0.15) is 0 Å². The molecule has 1 unspecified atom stereocenters. The first-order valence-corrected chi connectivity index (χ1v) is 4.15. The number of hydrogen-bond donors (Lipinski definition) is 1. The molecular formula is C8H13NO2. The van der Waals surface area contributed by atoms with Gasteiger partial charge in [-0.1, -0.05) is 0 Å². The van der Waals surface area contributed by atoms with Gasteiger partial charge < -0.3 is 10.1 Å². The number of ether oxygens (including phenoxy) is 1. The van der Waals surface area contributed by atoms with Crippen LogP contribution in [0.15, 0.2) is 0 Å². The van der Waals surface area contributed by atoms with Crippen molar-refractivity contribution in [3.05, 3.63) is 0 Å². The minimum atomic E-state index is -0.0434. The van der Waals surface area contributed by atoms with Gasteiger partial charge in [0.05, 0.1) is 0 Å². The second-order valence-electron chi connectivity index (χ2n) is 3.43. The van der Waals surface area contributed by atoms with E-state index < -0.39 is 0 Å². The van der Waals surface area contributed by atoms with Crippen LogP contribution in [0, 0.1) is 5.41 Å². The zero-order chi connectivity index (χ0) is 7.73. The van der Waals surface area contributed by atoms with Crippen molar-refractivity contribution in [1.82, 2.24) is 5.32 Å². The van der Waals surface area contributed by atoms with E-state index in [9.17, 15) is 4.79 Å². The van der Waals surface area contributed by atoms with Crippen molar-refractivity contribution in [2.45, 2.75) is 12.8 Å². The predicted octanol–water partition coefficient (Wildman–Crippen LogP) is -0.0445. The first-order chi connectivity index (χ1) is 5.33. The number of nitrogens with one attached hydrogen (secondary N) is 1. The lowest BCUT2D eigenvalue weighted by molar-refractivity contribution is -0.139. The summed E-state index contributed by atoms with van der Waals surface area (Å²) in [5, 5.41) is 3.24. The van der Waals surface area contributed by atoms with E-state index >= 15 is 0 Å². The van der Waals surface area contributed by atoms with E-state index in [4.69, 9.17) is 4.74 Å². The molecule has 3 nitrogen and oxygen atoms in total. The SMILES string of the molecule is O=C1COCCC12CCNC2.